The van der Waals surface area contributed by atoms with E-state index in [-0.39, 0.29) is 43.0 Å². The SMILES string of the molecule is Cc1cn([C@H]2C[C@H](O)[C@@H](COP(=O)(O)OP(=O)(O)OP(=O)(O)O)O2)c(=O)[nH]c1=O.[H-].[Na+]. The van der Waals surface area contributed by atoms with Gasteiger partial charge in [-0.3, -0.25) is 18.9 Å². The maximum Gasteiger partial charge on any atom is 1.00 e. The van der Waals surface area contributed by atoms with E-state index in [9.17, 15) is 33.3 Å². The van der Waals surface area contributed by atoms with Crippen molar-refractivity contribution in [2.24, 2.45) is 0 Å². The molecule has 1 aromatic heterocycles. The van der Waals surface area contributed by atoms with Gasteiger partial charge in [0.15, 0.2) is 0 Å². The molecule has 0 spiro atoms. The van der Waals surface area contributed by atoms with Gasteiger partial charge in [-0.15, -0.1) is 0 Å². The summed E-state index contributed by atoms with van der Waals surface area (Å²) in [5, 5.41) is 9.98. The van der Waals surface area contributed by atoms with Crippen LogP contribution in [0.2, 0.25) is 0 Å². The summed E-state index contributed by atoms with van der Waals surface area (Å²) in [6, 6.07) is 0. The molecule has 0 saturated carbocycles. The van der Waals surface area contributed by atoms with Crippen molar-refractivity contribution in [1.82, 2.24) is 9.55 Å². The summed E-state index contributed by atoms with van der Waals surface area (Å²) >= 11 is 0. The van der Waals surface area contributed by atoms with E-state index >= 15 is 0 Å². The Bertz CT molecular complexity index is 1020. The van der Waals surface area contributed by atoms with E-state index in [2.05, 4.69) is 13.1 Å². The number of hydrogen-bond donors (Lipinski definition) is 6. The molecule has 6 N–H and O–H groups in total. The third kappa shape index (κ3) is 8.17. The number of aryl methyl sites for hydroxylation is 1. The smallest absolute Gasteiger partial charge is 1.00 e. The molecule has 0 aliphatic carbocycles. The van der Waals surface area contributed by atoms with Gasteiger partial charge in [0.25, 0.3) is 5.56 Å². The zero-order valence-electron chi connectivity index (χ0n) is 16.4. The number of nitrogens with zero attached hydrogens (tertiary/aromatic N) is 1. The molecule has 168 valence electrons. The number of ether oxygens (including phenoxy) is 1. The molecular formula is C10H18N2NaO14P3. The first-order valence-electron chi connectivity index (χ1n) is 7.52. The maximum absolute atomic E-state index is 11.9. The monoisotopic (exact) mass is 506 g/mol. The first-order valence-corrected chi connectivity index (χ1v) is 12.0. The predicted octanol–water partition coefficient (Wildman–Crippen LogP) is -4.05. The minimum absolute atomic E-state index is 0. The Labute approximate surface area is 191 Å². The Morgan fingerprint density at radius 3 is 2.37 bits per heavy atom. The number of hydrogen-bond acceptors (Lipinski definition) is 10. The van der Waals surface area contributed by atoms with Crippen LogP contribution in [0.3, 0.4) is 0 Å². The fourth-order valence-corrected chi connectivity index (χ4v) is 5.34. The van der Waals surface area contributed by atoms with E-state index in [1.807, 2.05) is 4.98 Å². The fourth-order valence-electron chi connectivity index (χ4n) is 2.31. The van der Waals surface area contributed by atoms with Crippen molar-refractivity contribution in [2.45, 2.75) is 31.8 Å². The van der Waals surface area contributed by atoms with Gasteiger partial charge < -0.3 is 30.8 Å². The summed E-state index contributed by atoms with van der Waals surface area (Å²) in [5.74, 6) is 0. The molecule has 1 saturated heterocycles. The van der Waals surface area contributed by atoms with Crippen LogP contribution in [0.5, 0.6) is 0 Å². The standard InChI is InChI=1S/C10H17N2O14P3.Na.H/c1-5-3-12(10(15)11-9(5)14)8-2-6(13)7(24-8)4-23-28(19,20)26-29(21,22)25-27(16,17)18;;/h3,6-8,13H,2,4H2,1H3,(H,19,20)(H,21,22)(H,11,14,15)(H2,16,17,18);;/q;+1;-1/t6-,7+,8+;;/m0../s1. The molecule has 2 heterocycles. The molecule has 0 aromatic carbocycles. The summed E-state index contributed by atoms with van der Waals surface area (Å²) in [6.45, 7) is 0.547. The average molecular weight is 506 g/mol. The van der Waals surface area contributed by atoms with Gasteiger partial charge in [-0.05, 0) is 6.92 Å². The van der Waals surface area contributed by atoms with Crippen LogP contribution >= 0.6 is 23.5 Å². The van der Waals surface area contributed by atoms with Crippen LogP contribution in [0.25, 0.3) is 0 Å². The molecule has 1 aromatic rings. The van der Waals surface area contributed by atoms with Crippen molar-refractivity contribution < 1.29 is 87.2 Å². The predicted molar refractivity (Wildman–Crippen MR) is 91.5 cm³/mol. The Balaban J connectivity index is 0.00000450. The molecule has 1 aliphatic rings. The summed E-state index contributed by atoms with van der Waals surface area (Å²) in [7, 11) is -16.6. The van der Waals surface area contributed by atoms with E-state index in [4.69, 9.17) is 19.4 Å². The van der Waals surface area contributed by atoms with Gasteiger partial charge in [-0.1, -0.05) is 0 Å². The third-order valence-corrected chi connectivity index (χ3v) is 7.28. The van der Waals surface area contributed by atoms with Crippen molar-refractivity contribution >= 4 is 23.5 Å². The molecule has 30 heavy (non-hydrogen) atoms. The largest absolute Gasteiger partial charge is 1.00 e. The van der Waals surface area contributed by atoms with Gasteiger partial charge in [0.1, 0.15) is 12.3 Å². The van der Waals surface area contributed by atoms with Crippen LogP contribution in [0.15, 0.2) is 15.8 Å². The zero-order chi connectivity index (χ0) is 22.2. The number of aliphatic hydroxyl groups excluding tert-OH is 1. The molecule has 2 rings (SSSR count). The fraction of sp³-hybridized carbons (Fsp3) is 0.600. The number of phosphoric acid groups is 3. The van der Waals surface area contributed by atoms with Crippen LogP contribution in [0.4, 0.5) is 0 Å². The van der Waals surface area contributed by atoms with Gasteiger partial charge in [0.05, 0.1) is 12.7 Å². The minimum atomic E-state index is -5.67. The summed E-state index contributed by atoms with van der Waals surface area (Å²) in [6.07, 6.45) is -2.67. The van der Waals surface area contributed by atoms with Gasteiger partial charge in [-0.2, -0.15) is 8.62 Å². The third-order valence-electron chi connectivity index (χ3n) is 3.48. The van der Waals surface area contributed by atoms with E-state index in [0.29, 0.717) is 0 Å². The quantitative estimate of drug-likeness (QED) is 0.145. The second kappa shape index (κ2) is 10.3. The summed E-state index contributed by atoms with van der Waals surface area (Å²) in [4.78, 5) is 60.6. The average Bonchev–Trinajstić information content (AvgIpc) is 2.86. The Morgan fingerprint density at radius 1 is 1.20 bits per heavy atom. The molecule has 1 fully saturated rings. The molecule has 16 nitrogen and oxygen atoms in total. The molecular weight excluding hydrogens is 488 g/mol. The summed E-state index contributed by atoms with van der Waals surface area (Å²) in [5.41, 5.74) is -1.26. The Morgan fingerprint density at radius 2 is 1.80 bits per heavy atom. The van der Waals surface area contributed by atoms with Crippen LogP contribution in [-0.4, -0.2) is 53.0 Å². The first-order chi connectivity index (χ1) is 13.1. The van der Waals surface area contributed by atoms with Crippen molar-refractivity contribution in [3.05, 3.63) is 32.6 Å². The number of phosphoric ester groups is 1. The maximum atomic E-state index is 11.9. The van der Waals surface area contributed by atoms with Gasteiger partial charge in [0.2, 0.25) is 0 Å². The van der Waals surface area contributed by atoms with Crippen LogP contribution in [-0.2, 0) is 31.6 Å². The Kier molecular flexibility index (Phi) is 9.63. The van der Waals surface area contributed by atoms with Crippen LogP contribution in [0.1, 0.15) is 19.6 Å². The second-order valence-electron chi connectivity index (χ2n) is 5.80. The molecule has 0 radical (unpaired) electrons. The number of rotatable bonds is 8. The number of aromatic nitrogens is 2. The molecule has 0 bridgehead atoms. The molecule has 1 aliphatic heterocycles. The Hall–Kier alpha value is 0.01000. The first kappa shape index (κ1) is 28.0. The van der Waals surface area contributed by atoms with E-state index in [1.165, 1.54) is 13.1 Å². The zero-order valence-corrected chi connectivity index (χ0v) is 20.1. The van der Waals surface area contributed by atoms with E-state index in [0.717, 1.165) is 4.57 Å². The van der Waals surface area contributed by atoms with Gasteiger partial charge in [0, 0.05) is 18.2 Å². The van der Waals surface area contributed by atoms with Gasteiger partial charge in [-0.25, -0.2) is 18.5 Å². The number of H-pyrrole nitrogens is 1. The van der Waals surface area contributed by atoms with E-state index < -0.39 is 59.8 Å². The number of aliphatic hydroxyl groups is 1. The van der Waals surface area contributed by atoms with Crippen molar-refractivity contribution in [1.29, 1.82) is 0 Å². The molecule has 2 unspecified atom stereocenters. The number of aromatic amines is 1. The topological polar surface area (TPSA) is 244 Å². The van der Waals surface area contributed by atoms with Crippen molar-refractivity contribution in [2.75, 3.05) is 6.61 Å². The molecule has 0 amide bonds. The van der Waals surface area contributed by atoms with Gasteiger partial charge >= 0.3 is 58.7 Å². The second-order valence-corrected chi connectivity index (χ2v) is 10.2. The van der Waals surface area contributed by atoms with Crippen molar-refractivity contribution in [3.63, 3.8) is 0 Å². The van der Waals surface area contributed by atoms with Crippen LogP contribution < -0.4 is 40.8 Å². The van der Waals surface area contributed by atoms with Crippen LogP contribution in [0, 0.1) is 6.92 Å². The normalized spacial score (nSPS) is 25.9. The molecule has 5 atom stereocenters. The minimum Gasteiger partial charge on any atom is -1.00 e. The molecule has 20 heteroatoms. The van der Waals surface area contributed by atoms with E-state index in [1.54, 1.807) is 0 Å². The number of nitrogens with one attached hydrogen (secondary N) is 1. The summed E-state index contributed by atoms with van der Waals surface area (Å²) < 4.78 is 51.3. The van der Waals surface area contributed by atoms with Crippen molar-refractivity contribution in [3.8, 4) is 0 Å².